The van der Waals surface area contributed by atoms with E-state index < -0.39 is 16.7 Å². The minimum absolute atomic E-state index is 0.186. The van der Waals surface area contributed by atoms with Crippen molar-refractivity contribution >= 4 is 34.2 Å². The summed E-state index contributed by atoms with van der Waals surface area (Å²) in [4.78, 5) is 41.1. The highest BCUT2D eigenvalue weighted by atomic mass is 16.6. The van der Waals surface area contributed by atoms with Gasteiger partial charge in [-0.05, 0) is 25.1 Å². The summed E-state index contributed by atoms with van der Waals surface area (Å²) in [5.41, 5.74) is 1.84. The standard InChI is InChI=1S/C20H19N5O5/c1-2-23-15-6-4-3-5-14(15)22-18(23)10-21-19(26)11-24-16-9-13(25(28)29)7-8-17(16)30-12-20(24)27/h3-9H,2,10-12H2,1H3,(H,21,26). The van der Waals surface area contributed by atoms with Crippen LogP contribution in [0.3, 0.4) is 0 Å². The zero-order valence-electron chi connectivity index (χ0n) is 16.2. The van der Waals surface area contributed by atoms with Crippen molar-refractivity contribution in [3.63, 3.8) is 0 Å². The number of anilines is 1. The number of carbonyl (C=O) groups is 2. The van der Waals surface area contributed by atoms with Crippen LogP contribution in [0.25, 0.3) is 11.0 Å². The third-order valence-electron chi connectivity index (χ3n) is 4.89. The van der Waals surface area contributed by atoms with Gasteiger partial charge in [-0.15, -0.1) is 0 Å². The number of nitrogens with one attached hydrogen (secondary N) is 1. The highest BCUT2D eigenvalue weighted by Gasteiger charge is 2.29. The van der Waals surface area contributed by atoms with E-state index in [4.69, 9.17) is 4.74 Å². The number of carbonyl (C=O) groups excluding carboxylic acids is 2. The third kappa shape index (κ3) is 3.54. The van der Waals surface area contributed by atoms with Crippen LogP contribution in [0.5, 0.6) is 5.75 Å². The number of amides is 2. The molecule has 0 bridgehead atoms. The maximum Gasteiger partial charge on any atom is 0.271 e. The van der Waals surface area contributed by atoms with Crippen molar-refractivity contribution in [2.75, 3.05) is 18.1 Å². The Morgan fingerprint density at radius 3 is 2.87 bits per heavy atom. The fourth-order valence-corrected chi connectivity index (χ4v) is 3.47. The molecule has 1 aromatic heterocycles. The summed E-state index contributed by atoms with van der Waals surface area (Å²) in [6, 6.07) is 11.7. The molecule has 0 aliphatic carbocycles. The van der Waals surface area contributed by atoms with Crippen LogP contribution >= 0.6 is 0 Å². The zero-order chi connectivity index (χ0) is 21.3. The van der Waals surface area contributed by atoms with Crippen LogP contribution in [0.1, 0.15) is 12.7 Å². The largest absolute Gasteiger partial charge is 0.482 e. The smallest absolute Gasteiger partial charge is 0.271 e. The molecule has 0 radical (unpaired) electrons. The third-order valence-corrected chi connectivity index (χ3v) is 4.89. The van der Waals surface area contributed by atoms with Crippen molar-refractivity contribution in [2.24, 2.45) is 0 Å². The second-order valence-electron chi connectivity index (χ2n) is 6.72. The molecule has 0 saturated carbocycles. The molecule has 30 heavy (non-hydrogen) atoms. The van der Waals surface area contributed by atoms with Gasteiger partial charge in [0.25, 0.3) is 11.6 Å². The molecule has 1 N–H and O–H groups in total. The summed E-state index contributed by atoms with van der Waals surface area (Å²) < 4.78 is 7.32. The number of para-hydroxylation sites is 2. The summed E-state index contributed by atoms with van der Waals surface area (Å²) in [6.45, 7) is 2.38. The van der Waals surface area contributed by atoms with Gasteiger partial charge in [-0.2, -0.15) is 0 Å². The molecule has 2 amide bonds. The van der Waals surface area contributed by atoms with E-state index >= 15 is 0 Å². The molecular weight excluding hydrogens is 390 g/mol. The van der Waals surface area contributed by atoms with E-state index in [1.165, 1.54) is 23.1 Å². The molecule has 4 rings (SSSR count). The van der Waals surface area contributed by atoms with Crippen molar-refractivity contribution in [1.82, 2.24) is 14.9 Å². The molecule has 2 heterocycles. The van der Waals surface area contributed by atoms with Gasteiger partial charge in [-0.25, -0.2) is 4.98 Å². The Kier molecular flexibility index (Phi) is 5.05. The first-order valence-electron chi connectivity index (χ1n) is 9.40. The van der Waals surface area contributed by atoms with Crippen LogP contribution in [-0.2, 0) is 22.7 Å². The lowest BCUT2D eigenvalue weighted by atomic mass is 10.2. The lowest BCUT2D eigenvalue weighted by Crippen LogP contribution is -2.45. The predicted molar refractivity (Wildman–Crippen MR) is 108 cm³/mol. The maximum atomic E-state index is 12.6. The van der Waals surface area contributed by atoms with Gasteiger partial charge in [0.1, 0.15) is 18.1 Å². The predicted octanol–water partition coefficient (Wildman–Crippen LogP) is 2.01. The van der Waals surface area contributed by atoms with Crippen molar-refractivity contribution in [2.45, 2.75) is 20.0 Å². The Labute approximate surface area is 171 Å². The average Bonchev–Trinajstić information content (AvgIpc) is 3.11. The number of nitro benzene ring substituents is 1. The summed E-state index contributed by atoms with van der Waals surface area (Å²) in [5.74, 6) is 0.175. The van der Waals surface area contributed by atoms with Crippen molar-refractivity contribution < 1.29 is 19.2 Å². The Hall–Kier alpha value is -3.95. The lowest BCUT2D eigenvalue weighted by molar-refractivity contribution is -0.384. The van der Waals surface area contributed by atoms with Gasteiger partial charge in [0.15, 0.2) is 6.61 Å². The van der Waals surface area contributed by atoms with Crippen molar-refractivity contribution in [3.8, 4) is 5.75 Å². The second-order valence-corrected chi connectivity index (χ2v) is 6.72. The Bertz CT molecular complexity index is 1160. The summed E-state index contributed by atoms with van der Waals surface area (Å²) in [7, 11) is 0. The van der Waals surface area contributed by atoms with Gasteiger partial charge in [0, 0.05) is 18.7 Å². The Balaban J connectivity index is 1.50. The maximum absolute atomic E-state index is 12.6. The van der Waals surface area contributed by atoms with Crippen LogP contribution in [0.15, 0.2) is 42.5 Å². The number of rotatable bonds is 6. The topological polar surface area (TPSA) is 120 Å². The second kappa shape index (κ2) is 7.82. The number of aryl methyl sites for hydroxylation is 1. The first-order valence-corrected chi connectivity index (χ1v) is 9.40. The number of ether oxygens (including phenoxy) is 1. The number of benzene rings is 2. The zero-order valence-corrected chi connectivity index (χ0v) is 16.2. The molecule has 10 heteroatoms. The fraction of sp³-hybridized carbons (Fsp3) is 0.250. The normalized spacial score (nSPS) is 13.1. The van der Waals surface area contributed by atoms with E-state index in [-0.39, 0.29) is 31.1 Å². The van der Waals surface area contributed by atoms with Gasteiger partial charge in [-0.3, -0.25) is 24.6 Å². The SMILES string of the molecule is CCn1c(CNC(=O)CN2C(=O)COc3ccc([N+](=O)[O-])cc32)nc2ccccc21. The minimum Gasteiger partial charge on any atom is -0.482 e. The van der Waals surface area contributed by atoms with Gasteiger partial charge in [0.05, 0.1) is 28.2 Å². The molecule has 0 atom stereocenters. The molecule has 1 aliphatic heterocycles. The molecule has 10 nitrogen and oxygen atoms in total. The van der Waals surface area contributed by atoms with Crippen LogP contribution in [0.4, 0.5) is 11.4 Å². The molecule has 2 aromatic carbocycles. The van der Waals surface area contributed by atoms with Crippen LogP contribution in [0, 0.1) is 10.1 Å². The average molecular weight is 409 g/mol. The number of aromatic nitrogens is 2. The van der Waals surface area contributed by atoms with Gasteiger partial charge >= 0.3 is 0 Å². The van der Waals surface area contributed by atoms with E-state index in [2.05, 4.69) is 10.3 Å². The van der Waals surface area contributed by atoms with Crippen LogP contribution in [-0.4, -0.2) is 39.4 Å². The molecule has 0 fully saturated rings. The molecular formula is C20H19N5O5. The molecule has 0 saturated heterocycles. The Morgan fingerprint density at radius 1 is 1.30 bits per heavy atom. The summed E-state index contributed by atoms with van der Waals surface area (Å²) >= 11 is 0. The number of fused-ring (bicyclic) bond motifs is 2. The molecule has 1 aliphatic rings. The Morgan fingerprint density at radius 2 is 2.10 bits per heavy atom. The molecule has 154 valence electrons. The number of nitrogens with zero attached hydrogens (tertiary/aromatic N) is 4. The first-order chi connectivity index (χ1) is 14.5. The molecule has 0 unspecified atom stereocenters. The number of nitro groups is 1. The van der Waals surface area contributed by atoms with Crippen molar-refractivity contribution in [1.29, 1.82) is 0 Å². The van der Waals surface area contributed by atoms with E-state index in [0.717, 1.165) is 11.0 Å². The fourth-order valence-electron chi connectivity index (χ4n) is 3.47. The lowest BCUT2D eigenvalue weighted by Gasteiger charge is -2.28. The van der Waals surface area contributed by atoms with Crippen LogP contribution in [0.2, 0.25) is 0 Å². The number of imidazole rings is 1. The summed E-state index contributed by atoms with van der Waals surface area (Å²) in [6.07, 6.45) is 0. The highest BCUT2D eigenvalue weighted by Crippen LogP contribution is 2.35. The van der Waals surface area contributed by atoms with Crippen molar-refractivity contribution in [3.05, 3.63) is 58.4 Å². The highest BCUT2D eigenvalue weighted by molar-refractivity contribution is 6.02. The number of hydrogen-bond donors (Lipinski definition) is 1. The molecule has 0 spiro atoms. The minimum atomic E-state index is -0.563. The quantitative estimate of drug-likeness (QED) is 0.491. The van der Waals surface area contributed by atoms with Gasteiger partial charge in [-0.1, -0.05) is 12.1 Å². The monoisotopic (exact) mass is 409 g/mol. The van der Waals surface area contributed by atoms with Gasteiger partial charge < -0.3 is 14.6 Å². The van der Waals surface area contributed by atoms with Crippen LogP contribution < -0.4 is 15.0 Å². The number of non-ortho nitro benzene ring substituents is 1. The molecule has 3 aromatic rings. The first kappa shape index (κ1) is 19.4. The number of hydrogen-bond acceptors (Lipinski definition) is 6. The van der Waals surface area contributed by atoms with E-state index in [1.807, 2.05) is 35.8 Å². The van der Waals surface area contributed by atoms with E-state index in [1.54, 1.807) is 0 Å². The summed E-state index contributed by atoms with van der Waals surface area (Å²) in [5, 5.41) is 13.8. The van der Waals surface area contributed by atoms with E-state index in [9.17, 15) is 19.7 Å². The van der Waals surface area contributed by atoms with E-state index in [0.29, 0.717) is 18.1 Å². The van der Waals surface area contributed by atoms with Gasteiger partial charge in [0.2, 0.25) is 5.91 Å².